The third-order valence-corrected chi connectivity index (χ3v) is 1.38. The normalized spacial score (nSPS) is 15.1. The lowest BCUT2D eigenvalue weighted by Gasteiger charge is -2.03. The van der Waals surface area contributed by atoms with Gasteiger partial charge in [-0.2, -0.15) is 5.10 Å². The van der Waals surface area contributed by atoms with Gasteiger partial charge < -0.3 is 11.5 Å². The van der Waals surface area contributed by atoms with Crippen LogP contribution in [0.2, 0.25) is 0 Å². The molecule has 0 spiro atoms. The predicted octanol–water partition coefficient (Wildman–Crippen LogP) is -1.64. The summed E-state index contributed by atoms with van der Waals surface area (Å²) in [7, 11) is 0. The van der Waals surface area contributed by atoms with Crippen LogP contribution in [0.1, 0.15) is 0 Å². The summed E-state index contributed by atoms with van der Waals surface area (Å²) in [6.07, 6.45) is 4.22. The molecule has 2 amide bonds. The fourth-order valence-electron chi connectivity index (χ4n) is 0.821. The van der Waals surface area contributed by atoms with Crippen molar-refractivity contribution in [2.24, 2.45) is 16.6 Å². The maximum absolute atomic E-state index is 10.8. The highest BCUT2D eigenvalue weighted by Crippen LogP contribution is 2.04. The van der Waals surface area contributed by atoms with Crippen LogP contribution in [0.3, 0.4) is 0 Å². The largest absolute Gasteiger partial charge is 0.366 e. The molecule has 0 aliphatic carbocycles. The van der Waals surface area contributed by atoms with Crippen molar-refractivity contribution >= 4 is 18.0 Å². The van der Waals surface area contributed by atoms with E-state index in [1.165, 1.54) is 18.4 Å². The van der Waals surface area contributed by atoms with Crippen LogP contribution < -0.4 is 16.9 Å². The lowest BCUT2D eigenvalue weighted by Crippen LogP contribution is -2.28. The zero-order chi connectivity index (χ0) is 9.84. The molecule has 1 heterocycles. The fraction of sp³-hybridized carbons (Fsp3) is 0. The number of rotatable bonds is 2. The van der Waals surface area contributed by atoms with Crippen LogP contribution in [0.5, 0.6) is 0 Å². The van der Waals surface area contributed by atoms with E-state index in [1.807, 2.05) is 0 Å². The molecule has 13 heavy (non-hydrogen) atoms. The molecule has 0 saturated carbocycles. The van der Waals surface area contributed by atoms with Crippen molar-refractivity contribution < 1.29 is 9.59 Å². The number of hydrogen-bond acceptors (Lipinski definition) is 4. The zero-order valence-corrected chi connectivity index (χ0v) is 6.65. The number of carbonyl (C=O) groups excluding carboxylic acids is 2. The Morgan fingerprint density at radius 2 is 2.00 bits per heavy atom. The molecule has 1 aliphatic heterocycles. The molecule has 0 atom stereocenters. The van der Waals surface area contributed by atoms with Crippen molar-refractivity contribution in [1.82, 2.24) is 5.43 Å². The van der Waals surface area contributed by atoms with Crippen LogP contribution in [-0.2, 0) is 9.59 Å². The van der Waals surface area contributed by atoms with Gasteiger partial charge in [-0.3, -0.25) is 15.0 Å². The first-order valence-corrected chi connectivity index (χ1v) is 3.42. The van der Waals surface area contributed by atoms with Gasteiger partial charge in [0.1, 0.15) is 5.70 Å². The van der Waals surface area contributed by atoms with E-state index in [2.05, 4.69) is 10.5 Å². The number of hydrogen-bond donors (Lipinski definition) is 3. The summed E-state index contributed by atoms with van der Waals surface area (Å²) in [5, 5.41) is 3.58. The van der Waals surface area contributed by atoms with Gasteiger partial charge in [0.2, 0.25) is 0 Å². The second kappa shape index (κ2) is 3.53. The monoisotopic (exact) mass is 180 g/mol. The summed E-state index contributed by atoms with van der Waals surface area (Å²) >= 11 is 0. The molecule has 0 bridgehead atoms. The van der Waals surface area contributed by atoms with Crippen LogP contribution in [-0.4, -0.2) is 18.0 Å². The van der Waals surface area contributed by atoms with Gasteiger partial charge in [-0.1, -0.05) is 0 Å². The highest BCUT2D eigenvalue weighted by atomic mass is 16.2. The van der Waals surface area contributed by atoms with Gasteiger partial charge >= 0.3 is 0 Å². The third kappa shape index (κ3) is 1.92. The predicted molar refractivity (Wildman–Crippen MR) is 46.2 cm³/mol. The minimum absolute atomic E-state index is 0.0185. The molecule has 68 valence electrons. The minimum atomic E-state index is -0.780. The molecule has 1 aliphatic rings. The van der Waals surface area contributed by atoms with E-state index in [-0.39, 0.29) is 11.3 Å². The lowest BCUT2D eigenvalue weighted by molar-refractivity contribution is -0.117. The number of amides is 2. The SMILES string of the molecule is NC(=O)C1=C(C(N)=O)NN=CC=C1. The van der Waals surface area contributed by atoms with E-state index < -0.39 is 11.8 Å². The van der Waals surface area contributed by atoms with Crippen molar-refractivity contribution in [2.75, 3.05) is 0 Å². The Morgan fingerprint density at radius 3 is 2.54 bits per heavy atom. The Morgan fingerprint density at radius 1 is 1.31 bits per heavy atom. The molecule has 1 rings (SSSR count). The van der Waals surface area contributed by atoms with Crippen LogP contribution in [0.25, 0.3) is 0 Å². The summed E-state index contributed by atoms with van der Waals surface area (Å²) in [5.41, 5.74) is 12.2. The van der Waals surface area contributed by atoms with Gasteiger partial charge in [0.25, 0.3) is 11.8 Å². The molecule has 0 unspecified atom stereocenters. The van der Waals surface area contributed by atoms with Gasteiger partial charge in [0.05, 0.1) is 5.57 Å². The third-order valence-electron chi connectivity index (χ3n) is 1.38. The molecule has 5 N–H and O–H groups in total. The number of nitrogens with zero attached hydrogens (tertiary/aromatic N) is 1. The van der Waals surface area contributed by atoms with Gasteiger partial charge in [0.15, 0.2) is 0 Å². The summed E-state index contributed by atoms with van der Waals surface area (Å²) < 4.78 is 0. The molecule has 6 nitrogen and oxygen atoms in total. The van der Waals surface area contributed by atoms with Crippen molar-refractivity contribution in [3.63, 3.8) is 0 Å². The van der Waals surface area contributed by atoms with E-state index in [0.29, 0.717) is 0 Å². The highest BCUT2D eigenvalue weighted by Gasteiger charge is 2.15. The topological polar surface area (TPSA) is 111 Å². The van der Waals surface area contributed by atoms with E-state index in [0.717, 1.165) is 0 Å². The first-order chi connectivity index (χ1) is 6.13. The van der Waals surface area contributed by atoms with E-state index in [1.54, 1.807) is 0 Å². The molecule has 0 aromatic rings. The number of allylic oxidation sites excluding steroid dienone is 1. The van der Waals surface area contributed by atoms with Gasteiger partial charge in [-0.25, -0.2) is 0 Å². The average Bonchev–Trinajstić information content (AvgIpc) is 2.27. The van der Waals surface area contributed by atoms with E-state index in [4.69, 9.17) is 11.5 Å². The van der Waals surface area contributed by atoms with E-state index >= 15 is 0 Å². The van der Waals surface area contributed by atoms with Crippen LogP contribution >= 0.6 is 0 Å². The second-order valence-electron chi connectivity index (χ2n) is 2.27. The maximum Gasteiger partial charge on any atom is 0.267 e. The Kier molecular flexibility index (Phi) is 2.44. The Bertz CT molecular complexity index is 340. The van der Waals surface area contributed by atoms with Crippen molar-refractivity contribution in [3.8, 4) is 0 Å². The molecular formula is C7H8N4O2. The summed E-state index contributed by atoms with van der Waals surface area (Å²) in [5.74, 6) is -1.51. The van der Waals surface area contributed by atoms with Crippen LogP contribution in [0.15, 0.2) is 28.5 Å². The number of hydrazone groups is 1. The molecular weight excluding hydrogens is 172 g/mol. The summed E-state index contributed by atoms with van der Waals surface area (Å²) in [6, 6.07) is 0. The second-order valence-corrected chi connectivity index (χ2v) is 2.27. The zero-order valence-electron chi connectivity index (χ0n) is 6.65. The lowest BCUT2D eigenvalue weighted by atomic mass is 10.1. The first kappa shape index (κ1) is 8.98. The molecule has 0 aromatic heterocycles. The highest BCUT2D eigenvalue weighted by molar-refractivity contribution is 6.05. The number of carbonyl (C=O) groups is 2. The molecule has 0 saturated heterocycles. The van der Waals surface area contributed by atoms with Gasteiger partial charge in [-0.05, 0) is 12.2 Å². The minimum Gasteiger partial charge on any atom is -0.366 e. The van der Waals surface area contributed by atoms with Gasteiger partial charge in [0, 0.05) is 6.21 Å². The average molecular weight is 180 g/mol. The first-order valence-electron chi connectivity index (χ1n) is 3.42. The summed E-state index contributed by atoms with van der Waals surface area (Å²) in [6.45, 7) is 0. The Hall–Kier alpha value is -2.11. The Balaban J connectivity index is 3.17. The van der Waals surface area contributed by atoms with Crippen LogP contribution in [0, 0.1) is 0 Å². The smallest absolute Gasteiger partial charge is 0.267 e. The number of nitrogens with one attached hydrogen (secondary N) is 1. The standard InChI is InChI=1S/C7H8N4O2/c8-6(12)4-2-1-3-10-11-5(4)7(9)13/h1-3,11H,(H2,8,12)(H2,9,13). The molecule has 0 aromatic carbocycles. The number of primary amides is 2. The molecule has 6 heteroatoms. The molecule has 0 radical (unpaired) electrons. The van der Waals surface area contributed by atoms with Crippen molar-refractivity contribution in [3.05, 3.63) is 23.4 Å². The quantitative estimate of drug-likeness (QED) is 0.473. The van der Waals surface area contributed by atoms with Crippen LogP contribution in [0.4, 0.5) is 0 Å². The fourth-order valence-corrected chi connectivity index (χ4v) is 0.821. The van der Waals surface area contributed by atoms with Gasteiger partial charge in [-0.15, -0.1) is 0 Å². The van der Waals surface area contributed by atoms with Crippen molar-refractivity contribution in [2.45, 2.75) is 0 Å². The Labute approximate surface area is 74.0 Å². The van der Waals surface area contributed by atoms with Crippen molar-refractivity contribution in [1.29, 1.82) is 0 Å². The van der Waals surface area contributed by atoms with E-state index in [9.17, 15) is 9.59 Å². The molecule has 0 fully saturated rings. The number of nitrogens with two attached hydrogens (primary N) is 2. The summed E-state index contributed by atoms with van der Waals surface area (Å²) in [4.78, 5) is 21.6. The maximum atomic E-state index is 10.8.